The normalized spacial score (nSPS) is 29.0. The Hall–Kier alpha value is -0.250. The zero-order valence-corrected chi connectivity index (χ0v) is 17.2. The summed E-state index contributed by atoms with van der Waals surface area (Å²) in [6, 6.07) is 0. The Morgan fingerprint density at radius 3 is 2.58 bits per heavy atom. The first-order valence-corrected chi connectivity index (χ1v) is 8.49. The van der Waals surface area contributed by atoms with E-state index in [4.69, 9.17) is 0 Å². The highest BCUT2D eigenvalue weighted by Crippen LogP contribution is 2.33. The van der Waals surface area contributed by atoms with Gasteiger partial charge in [-0.2, -0.15) is 13.2 Å². The maximum atomic E-state index is 12.4. The quantitative estimate of drug-likeness (QED) is 0.396. The van der Waals surface area contributed by atoms with Crippen LogP contribution < -0.4 is 5.32 Å². The van der Waals surface area contributed by atoms with Crippen LogP contribution in [0.25, 0.3) is 0 Å². The lowest BCUT2D eigenvalue weighted by molar-refractivity contribution is -0.143. The molecule has 0 aromatic heterocycles. The van der Waals surface area contributed by atoms with Crippen LogP contribution in [0.4, 0.5) is 13.2 Å². The minimum atomic E-state index is -4.10. The van der Waals surface area contributed by atoms with Crippen LogP contribution >= 0.6 is 24.0 Å². The van der Waals surface area contributed by atoms with E-state index >= 15 is 0 Å². The second-order valence-corrected chi connectivity index (χ2v) is 7.27. The molecule has 0 radical (unpaired) electrons. The molecule has 2 fully saturated rings. The molecule has 0 saturated carbocycles. The number of guanidine groups is 1. The fourth-order valence-corrected chi connectivity index (χ4v) is 3.54. The number of halogens is 4. The molecule has 4 nitrogen and oxygen atoms in total. The second kappa shape index (κ2) is 8.91. The van der Waals surface area contributed by atoms with Gasteiger partial charge in [-0.3, -0.25) is 9.89 Å². The van der Waals surface area contributed by atoms with Crippen LogP contribution in [-0.4, -0.2) is 68.3 Å². The molecule has 2 unspecified atom stereocenters. The number of hydrogen-bond donors (Lipinski definition) is 1. The number of hydrogen-bond acceptors (Lipinski definition) is 2. The Balaban J connectivity index is 0.00000288. The lowest BCUT2D eigenvalue weighted by Crippen LogP contribution is -2.43. The van der Waals surface area contributed by atoms with E-state index in [2.05, 4.69) is 29.1 Å². The molecule has 8 heteroatoms. The van der Waals surface area contributed by atoms with E-state index in [1.54, 1.807) is 7.05 Å². The summed E-state index contributed by atoms with van der Waals surface area (Å²) in [7, 11) is 1.77. The molecule has 2 rings (SSSR count). The van der Waals surface area contributed by atoms with Crippen LogP contribution in [-0.2, 0) is 0 Å². The van der Waals surface area contributed by atoms with E-state index in [0.29, 0.717) is 25.0 Å². The molecule has 2 atom stereocenters. The maximum absolute atomic E-state index is 12.4. The van der Waals surface area contributed by atoms with E-state index in [9.17, 15) is 13.2 Å². The number of alkyl halides is 3. The average Bonchev–Trinajstić information content (AvgIpc) is 3.06. The Morgan fingerprint density at radius 1 is 1.33 bits per heavy atom. The molecule has 24 heavy (non-hydrogen) atoms. The van der Waals surface area contributed by atoms with Gasteiger partial charge in [0.15, 0.2) is 5.96 Å². The van der Waals surface area contributed by atoms with Crippen LogP contribution in [0.2, 0.25) is 0 Å². The van der Waals surface area contributed by atoms with Crippen LogP contribution in [0, 0.1) is 11.3 Å². The summed E-state index contributed by atoms with van der Waals surface area (Å²) >= 11 is 0. The largest absolute Gasteiger partial charge is 0.401 e. The number of nitrogens with zero attached hydrogens (tertiary/aromatic N) is 3. The Labute approximate surface area is 160 Å². The summed E-state index contributed by atoms with van der Waals surface area (Å²) < 4.78 is 37.3. The van der Waals surface area contributed by atoms with Gasteiger partial charge >= 0.3 is 6.18 Å². The topological polar surface area (TPSA) is 30.9 Å². The van der Waals surface area contributed by atoms with Crippen molar-refractivity contribution in [2.75, 3.05) is 46.3 Å². The molecular weight excluding hydrogens is 432 g/mol. The summed E-state index contributed by atoms with van der Waals surface area (Å²) in [5.74, 6) is 1.14. The summed E-state index contributed by atoms with van der Waals surface area (Å²) in [6.07, 6.45) is -0.978. The van der Waals surface area contributed by atoms with Gasteiger partial charge in [0.05, 0.1) is 6.54 Å². The van der Waals surface area contributed by atoms with Crippen molar-refractivity contribution in [3.8, 4) is 0 Å². The third-order valence-electron chi connectivity index (χ3n) is 5.24. The molecule has 0 aliphatic carbocycles. The third kappa shape index (κ3) is 6.24. The molecule has 0 aromatic carbocycles. The van der Waals surface area contributed by atoms with Crippen molar-refractivity contribution in [1.82, 2.24) is 15.1 Å². The predicted octanol–water partition coefficient (Wildman–Crippen LogP) is 3.19. The molecular formula is C16H30F3IN4. The highest BCUT2D eigenvalue weighted by atomic mass is 127. The molecule has 2 aliphatic heterocycles. The van der Waals surface area contributed by atoms with Gasteiger partial charge in [-0.1, -0.05) is 13.8 Å². The molecule has 0 amide bonds. The molecule has 0 bridgehead atoms. The number of rotatable bonds is 4. The number of likely N-dealkylation sites (tertiary alicyclic amines) is 2. The number of nitrogens with one attached hydrogen (secondary N) is 1. The summed E-state index contributed by atoms with van der Waals surface area (Å²) in [5, 5.41) is 3.37. The Kier molecular flexibility index (Phi) is 8.09. The van der Waals surface area contributed by atoms with Crippen molar-refractivity contribution in [3.63, 3.8) is 0 Å². The third-order valence-corrected chi connectivity index (χ3v) is 5.24. The summed E-state index contributed by atoms with van der Waals surface area (Å²) in [4.78, 5) is 8.12. The van der Waals surface area contributed by atoms with Gasteiger partial charge in [0.2, 0.25) is 0 Å². The van der Waals surface area contributed by atoms with Gasteiger partial charge in [-0.25, -0.2) is 0 Å². The Bertz CT molecular complexity index is 430. The van der Waals surface area contributed by atoms with E-state index in [-0.39, 0.29) is 29.9 Å². The minimum Gasteiger partial charge on any atom is -0.356 e. The molecule has 0 aromatic rings. The molecule has 0 spiro atoms. The SMILES string of the molecule is CCC1(C)CCN(C(=NC)NCC2CCN(CC(F)(F)F)C2)C1.I. The molecule has 1 N–H and O–H groups in total. The van der Waals surface area contributed by atoms with Gasteiger partial charge in [0, 0.05) is 33.2 Å². The zero-order valence-electron chi connectivity index (χ0n) is 14.8. The van der Waals surface area contributed by atoms with Crippen molar-refractivity contribution >= 4 is 29.9 Å². The van der Waals surface area contributed by atoms with E-state index in [0.717, 1.165) is 38.3 Å². The fourth-order valence-electron chi connectivity index (χ4n) is 3.54. The monoisotopic (exact) mass is 462 g/mol. The van der Waals surface area contributed by atoms with E-state index in [1.807, 2.05) is 0 Å². The number of aliphatic imine (C=N–C) groups is 1. The van der Waals surface area contributed by atoms with Crippen molar-refractivity contribution in [2.24, 2.45) is 16.3 Å². The van der Waals surface area contributed by atoms with Crippen molar-refractivity contribution in [1.29, 1.82) is 0 Å². The first-order chi connectivity index (χ1) is 10.7. The highest BCUT2D eigenvalue weighted by molar-refractivity contribution is 14.0. The van der Waals surface area contributed by atoms with Gasteiger partial charge in [0.25, 0.3) is 0 Å². The van der Waals surface area contributed by atoms with Crippen LogP contribution in [0.3, 0.4) is 0 Å². The molecule has 2 saturated heterocycles. The lowest BCUT2D eigenvalue weighted by Gasteiger charge is -2.26. The van der Waals surface area contributed by atoms with E-state index in [1.165, 1.54) is 4.90 Å². The molecule has 2 aliphatic rings. The van der Waals surface area contributed by atoms with Crippen molar-refractivity contribution < 1.29 is 13.2 Å². The van der Waals surface area contributed by atoms with Gasteiger partial charge in [-0.05, 0) is 37.1 Å². The van der Waals surface area contributed by atoms with Gasteiger partial charge < -0.3 is 10.2 Å². The zero-order chi connectivity index (χ0) is 17.1. The summed E-state index contributed by atoms with van der Waals surface area (Å²) in [5.41, 5.74) is 0.342. The van der Waals surface area contributed by atoms with Gasteiger partial charge in [0.1, 0.15) is 0 Å². The first-order valence-electron chi connectivity index (χ1n) is 8.49. The predicted molar refractivity (Wildman–Crippen MR) is 102 cm³/mol. The van der Waals surface area contributed by atoms with Crippen LogP contribution in [0.1, 0.15) is 33.1 Å². The highest BCUT2D eigenvalue weighted by Gasteiger charge is 2.35. The Morgan fingerprint density at radius 2 is 2.04 bits per heavy atom. The van der Waals surface area contributed by atoms with Crippen LogP contribution in [0.15, 0.2) is 4.99 Å². The maximum Gasteiger partial charge on any atom is 0.401 e. The minimum absolute atomic E-state index is 0. The van der Waals surface area contributed by atoms with Crippen LogP contribution in [0.5, 0.6) is 0 Å². The second-order valence-electron chi connectivity index (χ2n) is 7.27. The van der Waals surface area contributed by atoms with Gasteiger partial charge in [-0.15, -0.1) is 24.0 Å². The average molecular weight is 462 g/mol. The molecule has 2 heterocycles. The van der Waals surface area contributed by atoms with Crippen molar-refractivity contribution in [2.45, 2.75) is 39.3 Å². The smallest absolute Gasteiger partial charge is 0.356 e. The standard InChI is InChI=1S/C16H29F3N4.HI/c1-4-15(2)6-8-23(11-15)14(20-3)21-9-13-5-7-22(10-13)12-16(17,18)19;/h13H,4-12H2,1-3H3,(H,20,21);1H. The fraction of sp³-hybridized carbons (Fsp3) is 0.938. The van der Waals surface area contributed by atoms with Crippen molar-refractivity contribution in [3.05, 3.63) is 0 Å². The molecule has 142 valence electrons. The lowest BCUT2D eigenvalue weighted by atomic mass is 9.87. The first kappa shape index (κ1) is 21.8. The van der Waals surface area contributed by atoms with E-state index < -0.39 is 12.7 Å². The summed E-state index contributed by atoms with van der Waals surface area (Å²) in [6.45, 7) is 7.44.